The zero-order valence-electron chi connectivity index (χ0n) is 15.2. The molecule has 0 aliphatic carbocycles. The Morgan fingerprint density at radius 3 is 2.93 bits per heavy atom. The summed E-state index contributed by atoms with van der Waals surface area (Å²) in [5.41, 5.74) is 0.973. The third kappa shape index (κ3) is 3.62. The highest BCUT2D eigenvalue weighted by Gasteiger charge is 2.22. The van der Waals surface area contributed by atoms with E-state index in [4.69, 9.17) is 4.74 Å². The van der Waals surface area contributed by atoms with Crippen molar-refractivity contribution >= 4 is 11.5 Å². The minimum Gasteiger partial charge on any atom is -0.434 e. The number of halogens is 3. The van der Waals surface area contributed by atoms with Crippen molar-refractivity contribution in [3.63, 3.8) is 0 Å². The van der Waals surface area contributed by atoms with Gasteiger partial charge in [-0.05, 0) is 49.6 Å². The number of aryl methyl sites for hydroxylation is 1. The zero-order chi connectivity index (χ0) is 19.7. The normalized spacial score (nSPS) is 17.2. The number of nitrogens with zero attached hydrogens (tertiary/aromatic N) is 3. The van der Waals surface area contributed by atoms with Crippen LogP contribution >= 0.6 is 0 Å². The van der Waals surface area contributed by atoms with Gasteiger partial charge >= 0.3 is 6.61 Å². The Hall–Kier alpha value is -2.81. The van der Waals surface area contributed by atoms with Gasteiger partial charge in [0.25, 0.3) is 0 Å². The molecular formula is C19H19F3N4O2. The van der Waals surface area contributed by atoms with Crippen LogP contribution < -0.4 is 10.1 Å². The van der Waals surface area contributed by atoms with E-state index in [1.165, 1.54) is 12.1 Å². The second kappa shape index (κ2) is 7.67. The minimum atomic E-state index is -3.08. The molecule has 9 heteroatoms. The van der Waals surface area contributed by atoms with Gasteiger partial charge in [0.2, 0.25) is 5.95 Å². The average Bonchev–Trinajstić information content (AvgIpc) is 3.13. The maximum atomic E-state index is 14.7. The fourth-order valence-corrected chi connectivity index (χ4v) is 3.40. The van der Waals surface area contributed by atoms with E-state index in [0.29, 0.717) is 23.6 Å². The molecule has 3 heterocycles. The zero-order valence-corrected chi connectivity index (χ0v) is 15.2. The van der Waals surface area contributed by atoms with Crippen molar-refractivity contribution in [2.45, 2.75) is 32.4 Å². The van der Waals surface area contributed by atoms with E-state index >= 15 is 0 Å². The number of anilines is 1. The lowest BCUT2D eigenvalue weighted by molar-refractivity contribution is -0.0496. The summed E-state index contributed by atoms with van der Waals surface area (Å²) in [7, 11) is 0. The van der Waals surface area contributed by atoms with Crippen LogP contribution in [0.2, 0.25) is 0 Å². The summed E-state index contributed by atoms with van der Waals surface area (Å²) < 4.78 is 52.2. The summed E-state index contributed by atoms with van der Waals surface area (Å²) in [4.78, 5) is 0. The first kappa shape index (κ1) is 18.5. The molecule has 4 rings (SSSR count). The third-order valence-electron chi connectivity index (χ3n) is 4.61. The van der Waals surface area contributed by atoms with Crippen molar-refractivity contribution in [2.75, 3.05) is 18.5 Å². The smallest absolute Gasteiger partial charge is 0.387 e. The molecule has 1 aliphatic rings. The maximum Gasteiger partial charge on any atom is 0.387 e. The van der Waals surface area contributed by atoms with Crippen LogP contribution in [0.4, 0.5) is 19.1 Å². The van der Waals surface area contributed by atoms with E-state index in [0.717, 1.165) is 19.4 Å². The van der Waals surface area contributed by atoms with Crippen LogP contribution in [-0.4, -0.2) is 40.5 Å². The molecule has 148 valence electrons. The van der Waals surface area contributed by atoms with E-state index in [1.807, 2.05) is 0 Å². The summed E-state index contributed by atoms with van der Waals surface area (Å²) in [6.45, 7) is -0.182. The van der Waals surface area contributed by atoms with Gasteiger partial charge in [0.1, 0.15) is 17.3 Å². The Bertz CT molecular complexity index is 987. The van der Waals surface area contributed by atoms with Crippen molar-refractivity contribution in [3.8, 4) is 17.0 Å². The Morgan fingerprint density at radius 1 is 1.32 bits per heavy atom. The van der Waals surface area contributed by atoms with Gasteiger partial charge in [0, 0.05) is 12.8 Å². The SMILES string of the molecule is Cc1cc(F)c(-c2nnc(N[C@@H]3CCCOC3)n3cccc23)c(OC(F)F)c1. The Kier molecular flexibility index (Phi) is 5.08. The van der Waals surface area contributed by atoms with E-state index in [2.05, 4.69) is 20.3 Å². The van der Waals surface area contributed by atoms with Crippen LogP contribution in [0.25, 0.3) is 16.8 Å². The monoisotopic (exact) mass is 392 g/mol. The molecule has 0 bridgehead atoms. The first-order valence-electron chi connectivity index (χ1n) is 8.96. The summed E-state index contributed by atoms with van der Waals surface area (Å²) in [5.74, 6) is -0.496. The topological polar surface area (TPSA) is 60.7 Å². The van der Waals surface area contributed by atoms with Gasteiger partial charge in [0.05, 0.1) is 23.7 Å². The molecule has 28 heavy (non-hydrogen) atoms. The fourth-order valence-electron chi connectivity index (χ4n) is 3.40. The molecule has 0 saturated carbocycles. The molecule has 1 fully saturated rings. The molecule has 1 aliphatic heterocycles. The van der Waals surface area contributed by atoms with Gasteiger partial charge in [-0.15, -0.1) is 10.2 Å². The van der Waals surface area contributed by atoms with Crippen LogP contribution in [0.15, 0.2) is 30.5 Å². The molecule has 1 atom stereocenters. The molecule has 0 unspecified atom stereocenters. The number of fused-ring (bicyclic) bond motifs is 1. The molecule has 0 spiro atoms. The second-order valence-corrected chi connectivity index (χ2v) is 6.69. The molecular weight excluding hydrogens is 373 g/mol. The number of hydrogen-bond donors (Lipinski definition) is 1. The number of hydrogen-bond acceptors (Lipinski definition) is 5. The highest BCUT2D eigenvalue weighted by Crippen LogP contribution is 2.36. The predicted molar refractivity (Wildman–Crippen MR) is 97.2 cm³/mol. The Labute approximate surface area is 159 Å². The van der Waals surface area contributed by atoms with Crippen molar-refractivity contribution < 1.29 is 22.6 Å². The summed E-state index contributed by atoms with van der Waals surface area (Å²) in [5, 5.41) is 11.6. The van der Waals surface area contributed by atoms with Gasteiger partial charge in [-0.1, -0.05) is 0 Å². The lowest BCUT2D eigenvalue weighted by atomic mass is 10.1. The largest absolute Gasteiger partial charge is 0.434 e. The Balaban J connectivity index is 1.79. The third-order valence-corrected chi connectivity index (χ3v) is 4.61. The summed E-state index contributed by atoms with van der Waals surface area (Å²) in [6.07, 6.45) is 3.63. The van der Waals surface area contributed by atoms with Gasteiger partial charge in [0.15, 0.2) is 0 Å². The lowest BCUT2D eigenvalue weighted by Crippen LogP contribution is -2.31. The first-order chi connectivity index (χ1) is 13.5. The molecule has 0 radical (unpaired) electrons. The average molecular weight is 392 g/mol. The standard InChI is InChI=1S/C19H19F3N4O2/c1-11-8-13(20)16(15(9-11)28-18(21)22)17-14-5-2-6-26(14)19(25-24-17)23-12-4-3-7-27-10-12/h2,5-6,8-9,12,18H,3-4,7,10H2,1H3,(H,23,25)/t12-/m1/s1. The molecule has 3 aromatic rings. The van der Waals surface area contributed by atoms with Crippen molar-refractivity contribution in [1.29, 1.82) is 0 Å². The summed E-state index contributed by atoms with van der Waals surface area (Å²) in [6, 6.07) is 6.17. The van der Waals surface area contributed by atoms with Crippen LogP contribution in [-0.2, 0) is 4.74 Å². The first-order valence-corrected chi connectivity index (χ1v) is 8.96. The molecule has 2 aromatic heterocycles. The fraction of sp³-hybridized carbons (Fsp3) is 0.368. The number of benzene rings is 1. The molecule has 1 saturated heterocycles. The molecule has 0 amide bonds. The number of ether oxygens (including phenoxy) is 2. The van der Waals surface area contributed by atoms with E-state index < -0.39 is 12.4 Å². The maximum absolute atomic E-state index is 14.7. The Morgan fingerprint density at radius 2 is 2.18 bits per heavy atom. The van der Waals surface area contributed by atoms with Crippen molar-refractivity contribution in [3.05, 3.63) is 41.8 Å². The van der Waals surface area contributed by atoms with E-state index in [1.54, 1.807) is 29.7 Å². The second-order valence-electron chi connectivity index (χ2n) is 6.69. The number of nitrogens with one attached hydrogen (secondary N) is 1. The molecule has 6 nitrogen and oxygen atoms in total. The molecule has 1 aromatic carbocycles. The van der Waals surface area contributed by atoms with Crippen molar-refractivity contribution in [1.82, 2.24) is 14.6 Å². The molecule has 1 N–H and O–H groups in total. The lowest BCUT2D eigenvalue weighted by Gasteiger charge is -2.24. The van der Waals surface area contributed by atoms with Gasteiger partial charge in [-0.3, -0.25) is 4.40 Å². The predicted octanol–water partition coefficient (Wildman–Crippen LogP) is 4.04. The van der Waals surface area contributed by atoms with Crippen LogP contribution in [0.5, 0.6) is 5.75 Å². The van der Waals surface area contributed by atoms with Gasteiger partial charge < -0.3 is 14.8 Å². The highest BCUT2D eigenvalue weighted by atomic mass is 19.3. The van der Waals surface area contributed by atoms with Crippen LogP contribution in [0.1, 0.15) is 18.4 Å². The van der Waals surface area contributed by atoms with Gasteiger partial charge in [-0.25, -0.2) is 4.39 Å². The minimum absolute atomic E-state index is 0.0911. The van der Waals surface area contributed by atoms with Crippen LogP contribution in [0, 0.1) is 12.7 Å². The van der Waals surface area contributed by atoms with Crippen LogP contribution in [0.3, 0.4) is 0 Å². The van der Waals surface area contributed by atoms with E-state index in [9.17, 15) is 13.2 Å². The quantitative estimate of drug-likeness (QED) is 0.710. The van der Waals surface area contributed by atoms with Crippen molar-refractivity contribution in [2.24, 2.45) is 0 Å². The number of alkyl halides is 2. The highest BCUT2D eigenvalue weighted by molar-refractivity contribution is 5.82. The van der Waals surface area contributed by atoms with E-state index in [-0.39, 0.29) is 23.0 Å². The number of aromatic nitrogens is 3. The van der Waals surface area contributed by atoms with Gasteiger partial charge in [-0.2, -0.15) is 8.78 Å². The summed E-state index contributed by atoms with van der Waals surface area (Å²) >= 11 is 0. The number of rotatable bonds is 5.